The smallest absolute Gasteiger partial charge is 0.287 e. The van der Waals surface area contributed by atoms with E-state index in [9.17, 15) is 4.79 Å². The molecule has 1 aromatic rings. The molecule has 19 heavy (non-hydrogen) atoms. The van der Waals surface area contributed by atoms with Gasteiger partial charge in [-0.3, -0.25) is 4.79 Å². The number of nitrogens with one attached hydrogen (secondary N) is 1. The molecule has 0 spiro atoms. The molecule has 3 heteroatoms. The lowest BCUT2D eigenvalue weighted by Gasteiger charge is -2.40. The van der Waals surface area contributed by atoms with Gasteiger partial charge in [0.1, 0.15) is 5.76 Å². The Balaban J connectivity index is 2.05. The van der Waals surface area contributed by atoms with Gasteiger partial charge in [0.2, 0.25) is 0 Å². The number of furan rings is 1. The number of hydrogen-bond donors (Lipinski definition) is 1. The van der Waals surface area contributed by atoms with Crippen LogP contribution < -0.4 is 5.32 Å². The summed E-state index contributed by atoms with van der Waals surface area (Å²) in [7, 11) is 0. The summed E-state index contributed by atoms with van der Waals surface area (Å²) < 4.78 is 5.40. The zero-order chi connectivity index (χ0) is 14.0. The highest BCUT2D eigenvalue weighted by Crippen LogP contribution is 2.38. The Labute approximate surface area is 115 Å². The maximum absolute atomic E-state index is 12.2. The van der Waals surface area contributed by atoms with E-state index in [-0.39, 0.29) is 17.4 Å². The van der Waals surface area contributed by atoms with Crippen molar-refractivity contribution < 1.29 is 9.21 Å². The quantitative estimate of drug-likeness (QED) is 0.878. The molecule has 0 saturated heterocycles. The zero-order valence-corrected chi connectivity index (χ0v) is 12.5. The molecule has 1 aromatic heterocycles. The first-order valence-corrected chi connectivity index (χ1v) is 7.25. The topological polar surface area (TPSA) is 42.2 Å². The van der Waals surface area contributed by atoms with Crippen LogP contribution in [0.25, 0.3) is 0 Å². The number of carbonyl (C=O) groups excluding carboxylic acids is 1. The van der Waals surface area contributed by atoms with Gasteiger partial charge in [-0.2, -0.15) is 0 Å². The van der Waals surface area contributed by atoms with Gasteiger partial charge in [-0.15, -0.1) is 0 Å². The first-order chi connectivity index (χ1) is 8.88. The van der Waals surface area contributed by atoms with Crippen LogP contribution in [-0.4, -0.2) is 11.9 Å². The van der Waals surface area contributed by atoms with Crippen LogP contribution in [0.2, 0.25) is 0 Å². The van der Waals surface area contributed by atoms with Gasteiger partial charge in [0, 0.05) is 6.04 Å². The van der Waals surface area contributed by atoms with Gasteiger partial charge >= 0.3 is 0 Å². The van der Waals surface area contributed by atoms with Crippen molar-refractivity contribution in [1.29, 1.82) is 0 Å². The van der Waals surface area contributed by atoms with Crippen LogP contribution in [0.3, 0.4) is 0 Å². The molecule has 1 amide bonds. The molecule has 0 unspecified atom stereocenters. The summed E-state index contributed by atoms with van der Waals surface area (Å²) in [5.41, 5.74) is 0.234. The summed E-state index contributed by atoms with van der Waals surface area (Å²) in [5, 5.41) is 3.17. The molecule has 1 heterocycles. The molecular weight excluding hydrogens is 238 g/mol. The Kier molecular flexibility index (Phi) is 4.02. The lowest BCUT2D eigenvalue weighted by molar-refractivity contribution is 0.0803. The van der Waals surface area contributed by atoms with Crippen LogP contribution in [0.15, 0.2) is 16.5 Å². The maximum Gasteiger partial charge on any atom is 0.287 e. The second kappa shape index (κ2) is 5.40. The predicted molar refractivity (Wildman–Crippen MR) is 76.1 cm³/mol. The van der Waals surface area contributed by atoms with Crippen LogP contribution >= 0.6 is 0 Å². The normalized spacial score (nSPS) is 24.2. The van der Waals surface area contributed by atoms with Gasteiger partial charge in [0.25, 0.3) is 5.91 Å². The maximum atomic E-state index is 12.2. The lowest BCUT2D eigenvalue weighted by atomic mass is 9.69. The van der Waals surface area contributed by atoms with E-state index >= 15 is 0 Å². The molecule has 1 aliphatic carbocycles. The third-order valence-corrected chi connectivity index (χ3v) is 4.16. The van der Waals surface area contributed by atoms with E-state index in [1.54, 1.807) is 6.07 Å². The average molecular weight is 263 g/mol. The summed E-state index contributed by atoms with van der Waals surface area (Å²) in [6, 6.07) is 3.85. The van der Waals surface area contributed by atoms with Gasteiger partial charge in [0.05, 0.1) is 0 Å². The van der Waals surface area contributed by atoms with Crippen LogP contribution in [0, 0.1) is 18.3 Å². The minimum Gasteiger partial charge on any atom is -0.456 e. The SMILES string of the molecule is Cc1ccc(C(=O)N[C@@H]2CCCC[C@@H]2C(C)(C)C)o1. The second-order valence-corrected chi connectivity index (χ2v) is 6.75. The molecule has 1 aliphatic rings. The highest BCUT2D eigenvalue weighted by Gasteiger charge is 2.35. The van der Waals surface area contributed by atoms with Crippen molar-refractivity contribution in [3.05, 3.63) is 23.7 Å². The average Bonchev–Trinajstić information content (AvgIpc) is 2.75. The Hall–Kier alpha value is -1.25. The minimum absolute atomic E-state index is 0.0748. The standard InChI is InChI=1S/C16H25NO2/c1-11-9-10-14(19-11)15(18)17-13-8-6-5-7-12(13)16(2,3)4/h9-10,12-13H,5-8H2,1-4H3,(H,17,18)/t12-,13+/m0/s1. The van der Waals surface area contributed by atoms with E-state index in [0.717, 1.165) is 12.2 Å². The van der Waals surface area contributed by atoms with Crippen LogP contribution in [0.4, 0.5) is 0 Å². The summed E-state index contributed by atoms with van der Waals surface area (Å²) in [6.07, 6.45) is 4.75. The molecule has 1 N–H and O–H groups in total. The highest BCUT2D eigenvalue weighted by molar-refractivity contribution is 5.91. The number of carbonyl (C=O) groups is 1. The van der Waals surface area contributed by atoms with Crippen molar-refractivity contribution in [2.45, 2.75) is 59.4 Å². The van der Waals surface area contributed by atoms with E-state index in [4.69, 9.17) is 4.42 Å². The molecule has 106 valence electrons. The third-order valence-electron chi connectivity index (χ3n) is 4.16. The summed E-state index contributed by atoms with van der Waals surface area (Å²) in [4.78, 5) is 12.2. The molecule has 0 aliphatic heterocycles. The zero-order valence-electron chi connectivity index (χ0n) is 12.5. The van der Waals surface area contributed by atoms with Gasteiger partial charge < -0.3 is 9.73 Å². The molecule has 0 aromatic carbocycles. The number of amides is 1. The Bertz CT molecular complexity index is 442. The Morgan fingerprint density at radius 1 is 1.26 bits per heavy atom. The summed E-state index contributed by atoms with van der Waals surface area (Å²) >= 11 is 0. The second-order valence-electron chi connectivity index (χ2n) is 6.75. The largest absolute Gasteiger partial charge is 0.456 e. The van der Waals surface area contributed by atoms with Gasteiger partial charge in [-0.1, -0.05) is 33.6 Å². The fourth-order valence-corrected chi connectivity index (χ4v) is 3.14. The van der Waals surface area contributed by atoms with Crippen molar-refractivity contribution in [3.8, 4) is 0 Å². The first kappa shape index (κ1) is 14.2. The first-order valence-electron chi connectivity index (χ1n) is 7.25. The van der Waals surface area contributed by atoms with Crippen molar-refractivity contribution in [2.75, 3.05) is 0 Å². The molecule has 2 rings (SSSR count). The van der Waals surface area contributed by atoms with Crippen LogP contribution in [0.1, 0.15) is 62.8 Å². The highest BCUT2D eigenvalue weighted by atomic mass is 16.3. The molecule has 0 bridgehead atoms. The van der Waals surface area contributed by atoms with Crippen molar-refractivity contribution in [2.24, 2.45) is 11.3 Å². The van der Waals surface area contributed by atoms with Crippen molar-refractivity contribution >= 4 is 5.91 Å². The van der Waals surface area contributed by atoms with E-state index in [2.05, 4.69) is 26.1 Å². The van der Waals surface area contributed by atoms with Gasteiger partial charge in [0.15, 0.2) is 5.76 Å². The lowest BCUT2D eigenvalue weighted by Crippen LogP contribution is -2.46. The number of rotatable bonds is 2. The van der Waals surface area contributed by atoms with Crippen molar-refractivity contribution in [3.63, 3.8) is 0 Å². The number of hydrogen-bond acceptors (Lipinski definition) is 2. The summed E-state index contributed by atoms with van der Waals surface area (Å²) in [5.74, 6) is 1.67. The molecule has 1 saturated carbocycles. The molecular formula is C16H25NO2. The van der Waals surface area contributed by atoms with Gasteiger partial charge in [-0.05, 0) is 43.2 Å². The van der Waals surface area contributed by atoms with E-state index in [0.29, 0.717) is 11.7 Å². The summed E-state index contributed by atoms with van der Waals surface area (Å²) in [6.45, 7) is 8.65. The van der Waals surface area contributed by atoms with Crippen molar-refractivity contribution in [1.82, 2.24) is 5.32 Å². The molecule has 2 atom stereocenters. The van der Waals surface area contributed by atoms with Crippen LogP contribution in [0.5, 0.6) is 0 Å². The number of aryl methyl sites for hydroxylation is 1. The Morgan fingerprint density at radius 3 is 2.53 bits per heavy atom. The van der Waals surface area contributed by atoms with E-state index in [1.807, 2.05) is 13.0 Å². The van der Waals surface area contributed by atoms with Crippen LogP contribution in [-0.2, 0) is 0 Å². The molecule has 3 nitrogen and oxygen atoms in total. The fraction of sp³-hybridized carbons (Fsp3) is 0.688. The Morgan fingerprint density at radius 2 is 1.95 bits per heavy atom. The molecule has 0 radical (unpaired) electrons. The van der Waals surface area contributed by atoms with Gasteiger partial charge in [-0.25, -0.2) is 0 Å². The van der Waals surface area contributed by atoms with E-state index in [1.165, 1.54) is 19.3 Å². The minimum atomic E-state index is -0.0748. The third kappa shape index (κ3) is 3.40. The fourth-order valence-electron chi connectivity index (χ4n) is 3.14. The van der Waals surface area contributed by atoms with E-state index < -0.39 is 0 Å². The monoisotopic (exact) mass is 263 g/mol. The molecule has 1 fully saturated rings. The predicted octanol–water partition coefficient (Wildman–Crippen LogP) is 3.92.